The Kier molecular flexibility index (Phi) is 3.77. The predicted molar refractivity (Wildman–Crippen MR) is 50.9 cm³/mol. The second-order valence-electron chi connectivity index (χ2n) is 2.92. The van der Waals surface area contributed by atoms with E-state index in [-0.39, 0.29) is 6.42 Å². The Morgan fingerprint density at radius 3 is 2.36 bits per heavy atom. The minimum absolute atomic E-state index is 0.0459. The minimum Gasteiger partial charge on any atom is -0.381 e. The van der Waals surface area contributed by atoms with E-state index in [0.717, 1.165) is 0 Å². The Morgan fingerprint density at radius 2 is 1.86 bits per heavy atom. The maximum absolute atomic E-state index is 13.1. The normalized spacial score (nSPS) is 14.9. The molecule has 0 aliphatic rings. The number of allylic oxidation sites excluding steroid dienone is 1. The molecule has 1 atom stereocenters. The molecule has 0 bridgehead atoms. The first-order valence-corrected chi connectivity index (χ1v) is 4.43. The molecular weight excluding hydrogens is 186 g/mol. The van der Waals surface area contributed by atoms with Crippen molar-refractivity contribution >= 4 is 0 Å². The van der Waals surface area contributed by atoms with Crippen molar-refractivity contribution < 1.29 is 13.9 Å². The fourth-order valence-corrected chi connectivity index (χ4v) is 1.10. The number of aliphatic hydroxyl groups is 1. The molecule has 1 unspecified atom stereocenters. The lowest BCUT2D eigenvalue weighted by atomic mass is 10.1. The number of rotatable bonds is 3. The molecule has 1 rings (SSSR count). The van der Waals surface area contributed by atoms with E-state index in [0.29, 0.717) is 5.56 Å². The molecule has 0 aliphatic heterocycles. The van der Waals surface area contributed by atoms with Crippen LogP contribution < -0.4 is 0 Å². The van der Waals surface area contributed by atoms with Gasteiger partial charge in [-0.05, 0) is 12.0 Å². The maximum atomic E-state index is 13.1. The molecule has 0 amide bonds. The summed E-state index contributed by atoms with van der Waals surface area (Å²) in [5, 5.41) is 9.42. The lowest BCUT2D eigenvalue weighted by Gasteiger charge is -2.08. The van der Waals surface area contributed by atoms with Crippen molar-refractivity contribution in [3.05, 3.63) is 47.5 Å². The number of aliphatic hydroxyl groups excluding tert-OH is 1. The Morgan fingerprint density at radius 1 is 1.29 bits per heavy atom. The van der Waals surface area contributed by atoms with Crippen LogP contribution in [0.5, 0.6) is 0 Å². The van der Waals surface area contributed by atoms with Gasteiger partial charge in [-0.25, -0.2) is 8.78 Å². The van der Waals surface area contributed by atoms with Gasteiger partial charge in [-0.2, -0.15) is 0 Å². The smallest absolute Gasteiger partial charge is 0.164 e. The van der Waals surface area contributed by atoms with E-state index in [4.69, 9.17) is 0 Å². The second-order valence-corrected chi connectivity index (χ2v) is 2.92. The molecule has 0 saturated carbocycles. The van der Waals surface area contributed by atoms with E-state index in [1.165, 1.54) is 6.92 Å². The van der Waals surface area contributed by atoms with Gasteiger partial charge in [0.25, 0.3) is 0 Å². The van der Waals surface area contributed by atoms with Crippen molar-refractivity contribution in [2.75, 3.05) is 0 Å². The lowest BCUT2D eigenvalue weighted by Crippen LogP contribution is -1.99. The molecule has 0 aliphatic carbocycles. The fourth-order valence-electron chi connectivity index (χ4n) is 1.10. The monoisotopic (exact) mass is 198 g/mol. The van der Waals surface area contributed by atoms with Gasteiger partial charge in [-0.15, -0.1) is 0 Å². The van der Waals surface area contributed by atoms with Gasteiger partial charge in [0.2, 0.25) is 0 Å². The summed E-state index contributed by atoms with van der Waals surface area (Å²) >= 11 is 0. The molecule has 0 aromatic heterocycles. The summed E-state index contributed by atoms with van der Waals surface area (Å²) in [7, 11) is 0. The zero-order chi connectivity index (χ0) is 10.6. The van der Waals surface area contributed by atoms with Gasteiger partial charge in [0.15, 0.2) is 5.83 Å². The Labute approximate surface area is 81.7 Å². The predicted octanol–water partition coefficient (Wildman–Crippen LogP) is 3.28. The van der Waals surface area contributed by atoms with E-state index < -0.39 is 17.8 Å². The van der Waals surface area contributed by atoms with Gasteiger partial charge in [-0.1, -0.05) is 37.3 Å². The Bertz CT molecular complexity index is 319. The number of benzene rings is 1. The summed E-state index contributed by atoms with van der Waals surface area (Å²) in [6, 6.07) is 8.17. The van der Waals surface area contributed by atoms with Gasteiger partial charge in [0.1, 0.15) is 11.9 Å². The highest BCUT2D eigenvalue weighted by Crippen LogP contribution is 2.26. The highest BCUT2D eigenvalue weighted by molar-refractivity contribution is 5.24. The van der Waals surface area contributed by atoms with Crippen molar-refractivity contribution in [3.8, 4) is 0 Å². The van der Waals surface area contributed by atoms with E-state index in [1.54, 1.807) is 30.3 Å². The molecular formula is C11H12F2O. The number of halogens is 2. The molecule has 14 heavy (non-hydrogen) atoms. The summed E-state index contributed by atoms with van der Waals surface area (Å²) in [5.41, 5.74) is 0.355. The van der Waals surface area contributed by atoms with Gasteiger partial charge in [0, 0.05) is 0 Å². The number of hydrogen-bond acceptors (Lipinski definition) is 1. The van der Waals surface area contributed by atoms with Crippen LogP contribution in [0.25, 0.3) is 0 Å². The third-order valence-electron chi connectivity index (χ3n) is 1.92. The molecule has 0 spiro atoms. The van der Waals surface area contributed by atoms with Crippen molar-refractivity contribution in [3.63, 3.8) is 0 Å². The summed E-state index contributed by atoms with van der Waals surface area (Å²) in [4.78, 5) is 0. The standard InChI is InChI=1S/C11H12F2O/c1-2-9(12)10(13)11(14)8-6-4-3-5-7-8/h3-7,11,14H,2H2,1H3/b10-9-. The van der Waals surface area contributed by atoms with Crippen LogP contribution in [0.4, 0.5) is 8.78 Å². The molecule has 0 radical (unpaired) electrons. The SMILES string of the molecule is CC/C(F)=C(/F)C(O)c1ccccc1. The summed E-state index contributed by atoms with van der Waals surface area (Å²) in [6.07, 6.45) is -1.54. The first kappa shape index (κ1) is 10.9. The number of hydrogen-bond donors (Lipinski definition) is 1. The fraction of sp³-hybridized carbons (Fsp3) is 0.273. The highest BCUT2D eigenvalue weighted by Gasteiger charge is 2.16. The van der Waals surface area contributed by atoms with Crippen LogP contribution in [0.2, 0.25) is 0 Å². The zero-order valence-corrected chi connectivity index (χ0v) is 7.87. The van der Waals surface area contributed by atoms with E-state index in [9.17, 15) is 13.9 Å². The van der Waals surface area contributed by atoms with Crippen molar-refractivity contribution in [2.45, 2.75) is 19.4 Å². The largest absolute Gasteiger partial charge is 0.381 e. The van der Waals surface area contributed by atoms with Crippen LogP contribution in [-0.4, -0.2) is 5.11 Å². The minimum atomic E-state index is -1.49. The Balaban J connectivity index is 2.91. The van der Waals surface area contributed by atoms with Gasteiger partial charge < -0.3 is 5.11 Å². The van der Waals surface area contributed by atoms with Crippen molar-refractivity contribution in [2.24, 2.45) is 0 Å². The molecule has 1 aromatic rings. The van der Waals surface area contributed by atoms with E-state index >= 15 is 0 Å². The molecule has 1 N–H and O–H groups in total. The lowest BCUT2D eigenvalue weighted by molar-refractivity contribution is 0.179. The third kappa shape index (κ3) is 2.39. The van der Waals surface area contributed by atoms with E-state index in [2.05, 4.69) is 0 Å². The quantitative estimate of drug-likeness (QED) is 0.790. The van der Waals surface area contributed by atoms with Crippen LogP contribution in [0.1, 0.15) is 25.0 Å². The maximum Gasteiger partial charge on any atom is 0.164 e. The van der Waals surface area contributed by atoms with Crippen LogP contribution >= 0.6 is 0 Å². The van der Waals surface area contributed by atoms with Crippen LogP contribution in [0, 0.1) is 0 Å². The second kappa shape index (κ2) is 4.86. The summed E-state index contributed by atoms with van der Waals surface area (Å²) in [6.45, 7) is 1.49. The van der Waals surface area contributed by atoms with E-state index in [1.807, 2.05) is 0 Å². The highest BCUT2D eigenvalue weighted by atomic mass is 19.2. The van der Waals surface area contributed by atoms with Gasteiger partial charge in [0.05, 0.1) is 0 Å². The molecule has 76 valence electrons. The van der Waals surface area contributed by atoms with Gasteiger partial charge in [-0.3, -0.25) is 0 Å². The molecule has 3 heteroatoms. The van der Waals surface area contributed by atoms with Crippen LogP contribution in [0.15, 0.2) is 42.0 Å². The first-order chi connectivity index (χ1) is 6.66. The molecule has 0 fully saturated rings. The van der Waals surface area contributed by atoms with Crippen molar-refractivity contribution in [1.29, 1.82) is 0 Å². The van der Waals surface area contributed by atoms with Crippen LogP contribution in [-0.2, 0) is 0 Å². The van der Waals surface area contributed by atoms with Crippen LogP contribution in [0.3, 0.4) is 0 Å². The van der Waals surface area contributed by atoms with Crippen molar-refractivity contribution in [1.82, 2.24) is 0 Å². The third-order valence-corrected chi connectivity index (χ3v) is 1.92. The molecule has 0 saturated heterocycles. The summed E-state index contributed by atoms with van der Waals surface area (Å²) in [5.74, 6) is -2.00. The summed E-state index contributed by atoms with van der Waals surface area (Å²) < 4.78 is 25.9. The Hall–Kier alpha value is -1.22. The molecule has 0 heterocycles. The average molecular weight is 198 g/mol. The molecule has 1 nitrogen and oxygen atoms in total. The topological polar surface area (TPSA) is 20.2 Å². The zero-order valence-electron chi connectivity index (χ0n) is 7.87. The molecule has 1 aromatic carbocycles. The average Bonchev–Trinajstić information content (AvgIpc) is 2.27. The first-order valence-electron chi connectivity index (χ1n) is 4.43. The van der Waals surface area contributed by atoms with Gasteiger partial charge >= 0.3 is 0 Å².